The molecule has 0 spiro atoms. The molecule has 24 heavy (non-hydrogen) atoms. The molecule has 2 N–H and O–H groups in total. The van der Waals surface area contributed by atoms with Crippen molar-refractivity contribution in [3.05, 3.63) is 29.8 Å². The molecule has 2 amide bonds. The molecule has 1 aromatic carbocycles. The standard InChI is InChI=1S/C19H27N3O2/c1-13-6-5-7-14(2)22(13)18(23)12-20-17-9-4-3-8-16(17)19(24)21-15-10-11-15/h3-4,8-9,13-15,20H,5-7,10-12H2,1-2H3,(H,21,24). The van der Waals surface area contributed by atoms with Gasteiger partial charge in [-0.3, -0.25) is 9.59 Å². The summed E-state index contributed by atoms with van der Waals surface area (Å²) in [5, 5.41) is 6.18. The van der Waals surface area contributed by atoms with E-state index >= 15 is 0 Å². The van der Waals surface area contributed by atoms with Crippen molar-refractivity contribution in [2.24, 2.45) is 0 Å². The molecular formula is C19H27N3O2. The third-order valence-corrected chi connectivity index (χ3v) is 5.00. The lowest BCUT2D eigenvalue weighted by atomic mass is 9.97. The summed E-state index contributed by atoms with van der Waals surface area (Å²) in [7, 11) is 0. The average Bonchev–Trinajstić information content (AvgIpc) is 3.37. The van der Waals surface area contributed by atoms with Crippen LogP contribution in [-0.4, -0.2) is 41.4 Å². The molecule has 3 rings (SSSR count). The van der Waals surface area contributed by atoms with Crippen molar-refractivity contribution < 1.29 is 9.59 Å². The van der Waals surface area contributed by atoms with E-state index in [1.54, 1.807) is 6.07 Å². The number of benzene rings is 1. The molecule has 5 nitrogen and oxygen atoms in total. The van der Waals surface area contributed by atoms with Gasteiger partial charge in [-0.15, -0.1) is 0 Å². The fourth-order valence-electron chi connectivity index (χ4n) is 3.50. The van der Waals surface area contributed by atoms with Gasteiger partial charge in [-0.2, -0.15) is 0 Å². The fourth-order valence-corrected chi connectivity index (χ4v) is 3.50. The van der Waals surface area contributed by atoms with E-state index in [9.17, 15) is 9.59 Å². The Balaban J connectivity index is 1.63. The maximum Gasteiger partial charge on any atom is 0.253 e. The zero-order valence-electron chi connectivity index (χ0n) is 14.5. The summed E-state index contributed by atoms with van der Waals surface area (Å²) in [5.41, 5.74) is 1.33. The van der Waals surface area contributed by atoms with Crippen LogP contribution in [0.4, 0.5) is 5.69 Å². The van der Waals surface area contributed by atoms with E-state index in [1.165, 1.54) is 6.42 Å². The smallest absolute Gasteiger partial charge is 0.253 e. The number of carbonyl (C=O) groups is 2. The number of nitrogens with one attached hydrogen (secondary N) is 2. The molecule has 1 heterocycles. The number of hydrogen-bond acceptors (Lipinski definition) is 3. The van der Waals surface area contributed by atoms with Gasteiger partial charge in [0.15, 0.2) is 0 Å². The van der Waals surface area contributed by atoms with E-state index in [4.69, 9.17) is 0 Å². The number of rotatable bonds is 5. The van der Waals surface area contributed by atoms with Gasteiger partial charge in [0.2, 0.25) is 5.91 Å². The lowest BCUT2D eigenvalue weighted by Gasteiger charge is -2.39. The molecule has 5 heteroatoms. The number of carbonyl (C=O) groups excluding carboxylic acids is 2. The van der Waals surface area contributed by atoms with Crippen molar-refractivity contribution in [1.82, 2.24) is 10.2 Å². The largest absolute Gasteiger partial charge is 0.376 e. The summed E-state index contributed by atoms with van der Waals surface area (Å²) in [6.07, 6.45) is 5.44. The van der Waals surface area contributed by atoms with Crippen molar-refractivity contribution in [2.45, 2.75) is 64.1 Å². The first-order valence-corrected chi connectivity index (χ1v) is 9.01. The summed E-state index contributed by atoms with van der Waals surface area (Å²) >= 11 is 0. The minimum absolute atomic E-state index is 0.0623. The Morgan fingerprint density at radius 2 is 1.75 bits per heavy atom. The van der Waals surface area contributed by atoms with Gasteiger partial charge >= 0.3 is 0 Å². The summed E-state index contributed by atoms with van der Waals surface area (Å²) in [6.45, 7) is 4.46. The summed E-state index contributed by atoms with van der Waals surface area (Å²) in [6, 6.07) is 8.29. The lowest BCUT2D eigenvalue weighted by Crippen LogP contribution is -2.49. The molecule has 2 aliphatic rings. The molecule has 2 atom stereocenters. The van der Waals surface area contributed by atoms with Gasteiger partial charge in [0.1, 0.15) is 0 Å². The van der Waals surface area contributed by atoms with Gasteiger partial charge in [-0.05, 0) is 58.1 Å². The normalized spacial score (nSPS) is 23.7. The zero-order valence-corrected chi connectivity index (χ0v) is 14.5. The SMILES string of the molecule is CC1CCCC(C)N1C(=O)CNc1ccccc1C(=O)NC1CC1. The van der Waals surface area contributed by atoms with Gasteiger partial charge in [-0.25, -0.2) is 0 Å². The Kier molecular flexibility index (Phi) is 5.07. The predicted octanol–water partition coefficient (Wildman–Crippen LogP) is 2.78. The van der Waals surface area contributed by atoms with Crippen molar-refractivity contribution >= 4 is 17.5 Å². The second-order valence-corrected chi connectivity index (χ2v) is 7.08. The third-order valence-electron chi connectivity index (χ3n) is 5.00. The molecule has 0 aromatic heterocycles. The van der Waals surface area contributed by atoms with Gasteiger partial charge in [0, 0.05) is 23.8 Å². The van der Waals surface area contributed by atoms with Crippen LogP contribution in [0.15, 0.2) is 24.3 Å². The number of nitrogens with zero attached hydrogens (tertiary/aromatic N) is 1. The van der Waals surface area contributed by atoms with Crippen LogP contribution in [0.1, 0.15) is 56.3 Å². The molecule has 2 fully saturated rings. The number of amides is 2. The number of piperidine rings is 1. The van der Waals surface area contributed by atoms with Crippen molar-refractivity contribution in [1.29, 1.82) is 0 Å². The zero-order chi connectivity index (χ0) is 17.1. The maximum absolute atomic E-state index is 12.6. The van der Waals surface area contributed by atoms with E-state index in [-0.39, 0.29) is 30.4 Å². The first kappa shape index (κ1) is 16.8. The number of hydrogen-bond donors (Lipinski definition) is 2. The Labute approximate surface area is 143 Å². The molecule has 130 valence electrons. The molecule has 2 unspecified atom stereocenters. The molecule has 0 radical (unpaired) electrons. The molecule has 0 bridgehead atoms. The monoisotopic (exact) mass is 329 g/mol. The predicted molar refractivity (Wildman–Crippen MR) is 95.0 cm³/mol. The van der Waals surface area contributed by atoms with E-state index in [1.807, 2.05) is 23.1 Å². The van der Waals surface area contributed by atoms with Crippen LogP contribution in [-0.2, 0) is 4.79 Å². The van der Waals surface area contributed by atoms with E-state index in [2.05, 4.69) is 24.5 Å². The van der Waals surface area contributed by atoms with Gasteiger partial charge in [-0.1, -0.05) is 12.1 Å². The van der Waals surface area contributed by atoms with Crippen LogP contribution < -0.4 is 10.6 Å². The lowest BCUT2D eigenvalue weighted by molar-refractivity contribution is -0.135. The molecule has 1 saturated carbocycles. The van der Waals surface area contributed by atoms with Crippen molar-refractivity contribution in [3.8, 4) is 0 Å². The van der Waals surface area contributed by atoms with Gasteiger partial charge in [0.25, 0.3) is 5.91 Å². The fraction of sp³-hybridized carbons (Fsp3) is 0.579. The van der Waals surface area contributed by atoms with Gasteiger partial charge < -0.3 is 15.5 Å². The third kappa shape index (κ3) is 3.89. The summed E-state index contributed by atoms with van der Waals surface area (Å²) < 4.78 is 0. The van der Waals surface area contributed by atoms with E-state index in [0.29, 0.717) is 11.6 Å². The molecule has 1 aliphatic heterocycles. The average molecular weight is 329 g/mol. The Hall–Kier alpha value is -2.04. The van der Waals surface area contributed by atoms with Crippen LogP contribution in [0.3, 0.4) is 0 Å². The first-order chi connectivity index (χ1) is 11.6. The topological polar surface area (TPSA) is 61.4 Å². The van der Waals surface area contributed by atoms with Crippen molar-refractivity contribution in [2.75, 3.05) is 11.9 Å². The summed E-state index contributed by atoms with van der Waals surface area (Å²) in [4.78, 5) is 26.9. The molecular weight excluding hydrogens is 302 g/mol. The highest BCUT2D eigenvalue weighted by atomic mass is 16.2. The number of anilines is 1. The highest BCUT2D eigenvalue weighted by molar-refractivity contribution is 6.00. The Morgan fingerprint density at radius 1 is 1.08 bits per heavy atom. The van der Waals surface area contributed by atoms with Crippen LogP contribution in [0.2, 0.25) is 0 Å². The van der Waals surface area contributed by atoms with Gasteiger partial charge in [0.05, 0.1) is 12.1 Å². The second kappa shape index (κ2) is 7.24. The molecule has 1 aromatic rings. The van der Waals surface area contributed by atoms with E-state index < -0.39 is 0 Å². The number of para-hydroxylation sites is 1. The first-order valence-electron chi connectivity index (χ1n) is 9.01. The van der Waals surface area contributed by atoms with E-state index in [0.717, 1.165) is 31.4 Å². The van der Waals surface area contributed by atoms with Crippen LogP contribution in [0, 0.1) is 0 Å². The number of likely N-dealkylation sites (tertiary alicyclic amines) is 1. The molecule has 1 aliphatic carbocycles. The minimum Gasteiger partial charge on any atom is -0.376 e. The van der Waals surface area contributed by atoms with Crippen LogP contribution >= 0.6 is 0 Å². The highest BCUT2D eigenvalue weighted by Crippen LogP contribution is 2.24. The Morgan fingerprint density at radius 3 is 2.42 bits per heavy atom. The summed E-state index contributed by atoms with van der Waals surface area (Å²) in [5.74, 6) is 0.0415. The Bertz CT molecular complexity index is 602. The second-order valence-electron chi connectivity index (χ2n) is 7.08. The molecule has 1 saturated heterocycles. The van der Waals surface area contributed by atoms with Crippen molar-refractivity contribution in [3.63, 3.8) is 0 Å². The maximum atomic E-state index is 12.6. The van der Waals surface area contributed by atoms with Crippen LogP contribution in [0.25, 0.3) is 0 Å². The highest BCUT2D eigenvalue weighted by Gasteiger charge is 2.29. The minimum atomic E-state index is -0.0623. The van der Waals surface area contributed by atoms with Crippen LogP contribution in [0.5, 0.6) is 0 Å². The quantitative estimate of drug-likeness (QED) is 0.873.